The molecule has 1 aliphatic rings. The van der Waals surface area contributed by atoms with Crippen molar-refractivity contribution >= 4 is 0 Å². The molecule has 0 amide bonds. The highest BCUT2D eigenvalue weighted by Crippen LogP contribution is 2.45. The van der Waals surface area contributed by atoms with E-state index in [9.17, 15) is 0 Å². The zero-order chi connectivity index (χ0) is 34.0. The van der Waals surface area contributed by atoms with Crippen molar-refractivity contribution in [3.05, 3.63) is 185 Å². The fraction of sp³-hybridized carbons (Fsp3) is 0.182. The third-order valence-corrected chi connectivity index (χ3v) is 8.70. The molecular weight excluding hydrogens is 624 g/mol. The smallest absolute Gasteiger partial charge is 0.162 e. The Morgan fingerprint density at radius 2 is 0.980 bits per heavy atom. The van der Waals surface area contributed by atoms with E-state index in [2.05, 4.69) is 12.1 Å². The first-order valence-corrected chi connectivity index (χ1v) is 16.9. The van der Waals surface area contributed by atoms with Gasteiger partial charge in [0.05, 0.1) is 0 Å². The number of hydrogen-bond donors (Lipinski definition) is 0. The lowest BCUT2D eigenvalue weighted by molar-refractivity contribution is -0.0125. The van der Waals surface area contributed by atoms with Gasteiger partial charge in [-0.15, -0.1) is 0 Å². The SMILES string of the molecule is CO[C@@H]1Cc2c(OCc3ccccc3)cc(OCc3ccccc3)cc2O[C@@H]1c1ccc(OCc2ccccc2)c(OCc2ccccc2)c1. The van der Waals surface area contributed by atoms with Crippen molar-refractivity contribution in [2.75, 3.05) is 7.11 Å². The Kier molecular flexibility index (Phi) is 10.6. The van der Waals surface area contributed by atoms with Gasteiger partial charge in [-0.05, 0) is 39.9 Å². The Labute approximate surface area is 293 Å². The van der Waals surface area contributed by atoms with Crippen LogP contribution < -0.4 is 23.7 Å². The second-order valence-electron chi connectivity index (χ2n) is 12.2. The summed E-state index contributed by atoms with van der Waals surface area (Å²) in [4.78, 5) is 0. The minimum Gasteiger partial charge on any atom is -0.489 e. The van der Waals surface area contributed by atoms with Gasteiger partial charge < -0.3 is 28.4 Å². The van der Waals surface area contributed by atoms with Crippen molar-refractivity contribution in [1.29, 1.82) is 0 Å². The Morgan fingerprint density at radius 3 is 1.50 bits per heavy atom. The molecule has 0 bridgehead atoms. The number of benzene rings is 6. The second kappa shape index (κ2) is 16.1. The fourth-order valence-corrected chi connectivity index (χ4v) is 6.01. The van der Waals surface area contributed by atoms with Crippen molar-refractivity contribution in [3.8, 4) is 28.7 Å². The third-order valence-electron chi connectivity index (χ3n) is 8.70. The molecule has 0 N–H and O–H groups in total. The molecule has 2 atom stereocenters. The standard InChI is InChI=1S/C44H40O6/c1-45-43-27-38-40(48-30-34-18-10-4-11-19-34)25-37(46-28-32-14-6-2-7-15-32)26-41(38)50-44(43)36-22-23-39(47-29-33-16-8-3-9-17-33)42(24-36)49-31-35-20-12-5-13-21-35/h2-26,43-44H,27-31H2,1H3/t43-,44-/m1/s1. The Hall–Kier alpha value is -5.72. The molecule has 0 aromatic heterocycles. The molecule has 0 saturated carbocycles. The Balaban J connectivity index is 1.18. The topological polar surface area (TPSA) is 55.4 Å². The van der Waals surface area contributed by atoms with Gasteiger partial charge >= 0.3 is 0 Å². The van der Waals surface area contributed by atoms with Crippen LogP contribution in [0.4, 0.5) is 0 Å². The molecule has 0 spiro atoms. The van der Waals surface area contributed by atoms with E-state index in [1.807, 2.05) is 140 Å². The highest BCUT2D eigenvalue weighted by molar-refractivity contribution is 5.53. The molecular formula is C44H40O6. The summed E-state index contributed by atoms with van der Waals surface area (Å²) in [5.74, 6) is 3.38. The van der Waals surface area contributed by atoms with Gasteiger partial charge in [-0.2, -0.15) is 0 Å². The van der Waals surface area contributed by atoms with Crippen LogP contribution in [0.1, 0.15) is 39.5 Å². The summed E-state index contributed by atoms with van der Waals surface area (Å²) in [5, 5.41) is 0. The molecule has 6 nitrogen and oxygen atoms in total. The summed E-state index contributed by atoms with van der Waals surface area (Å²) in [5.41, 5.74) is 6.16. The van der Waals surface area contributed by atoms with Crippen molar-refractivity contribution in [3.63, 3.8) is 0 Å². The molecule has 1 heterocycles. The predicted octanol–water partition coefficient (Wildman–Crippen LogP) is 9.69. The average molecular weight is 665 g/mol. The number of hydrogen-bond acceptors (Lipinski definition) is 6. The van der Waals surface area contributed by atoms with Gasteiger partial charge in [-0.3, -0.25) is 0 Å². The van der Waals surface area contributed by atoms with Crippen LogP contribution in [0, 0.1) is 0 Å². The number of ether oxygens (including phenoxy) is 6. The molecule has 0 aliphatic carbocycles. The van der Waals surface area contributed by atoms with Crippen molar-refractivity contribution in [2.24, 2.45) is 0 Å². The lowest BCUT2D eigenvalue weighted by Gasteiger charge is -2.34. The normalized spacial score (nSPS) is 15.0. The lowest BCUT2D eigenvalue weighted by atomic mass is 9.93. The maximum Gasteiger partial charge on any atom is 0.162 e. The second-order valence-corrected chi connectivity index (χ2v) is 12.2. The summed E-state index contributed by atoms with van der Waals surface area (Å²) in [6.07, 6.45) is -0.108. The van der Waals surface area contributed by atoms with Gasteiger partial charge in [-0.25, -0.2) is 0 Å². The molecule has 6 aromatic rings. The first-order valence-electron chi connectivity index (χ1n) is 16.9. The van der Waals surface area contributed by atoms with E-state index in [4.69, 9.17) is 28.4 Å². The van der Waals surface area contributed by atoms with Crippen LogP contribution in [0.5, 0.6) is 28.7 Å². The summed E-state index contributed by atoms with van der Waals surface area (Å²) in [6, 6.07) is 50.4. The van der Waals surface area contributed by atoms with Crippen LogP contribution in [0.3, 0.4) is 0 Å². The predicted molar refractivity (Wildman–Crippen MR) is 194 cm³/mol. The van der Waals surface area contributed by atoms with Crippen molar-refractivity contribution in [2.45, 2.75) is 45.1 Å². The fourth-order valence-electron chi connectivity index (χ4n) is 6.01. The third kappa shape index (κ3) is 8.28. The molecule has 50 heavy (non-hydrogen) atoms. The zero-order valence-electron chi connectivity index (χ0n) is 28.1. The largest absolute Gasteiger partial charge is 0.489 e. The van der Waals surface area contributed by atoms with Crippen molar-refractivity contribution < 1.29 is 28.4 Å². The molecule has 0 unspecified atom stereocenters. The highest BCUT2D eigenvalue weighted by Gasteiger charge is 2.35. The van der Waals surface area contributed by atoms with Gasteiger partial charge in [0.1, 0.15) is 49.8 Å². The van der Waals surface area contributed by atoms with E-state index >= 15 is 0 Å². The highest BCUT2D eigenvalue weighted by atomic mass is 16.5. The van der Waals surface area contributed by atoms with Crippen LogP contribution in [0.2, 0.25) is 0 Å². The van der Waals surface area contributed by atoms with Crippen LogP contribution in [0.25, 0.3) is 0 Å². The molecule has 252 valence electrons. The summed E-state index contributed by atoms with van der Waals surface area (Å²) in [7, 11) is 1.72. The van der Waals surface area contributed by atoms with Gasteiger partial charge in [0.15, 0.2) is 17.6 Å². The monoisotopic (exact) mass is 664 g/mol. The molecule has 6 heteroatoms. The van der Waals surface area contributed by atoms with Gasteiger partial charge in [0.2, 0.25) is 0 Å². The first-order chi connectivity index (χ1) is 24.7. The van der Waals surface area contributed by atoms with Crippen LogP contribution >= 0.6 is 0 Å². The zero-order valence-corrected chi connectivity index (χ0v) is 28.1. The maximum absolute atomic E-state index is 6.81. The van der Waals surface area contributed by atoms with Crippen LogP contribution in [0.15, 0.2) is 152 Å². The summed E-state index contributed by atoms with van der Waals surface area (Å²) in [6.45, 7) is 1.67. The molecule has 6 aromatic carbocycles. The summed E-state index contributed by atoms with van der Waals surface area (Å²) >= 11 is 0. The number of rotatable bonds is 14. The van der Waals surface area contributed by atoms with E-state index < -0.39 is 6.10 Å². The van der Waals surface area contributed by atoms with E-state index in [1.54, 1.807) is 7.11 Å². The molecule has 0 saturated heterocycles. The van der Waals surface area contributed by atoms with E-state index in [-0.39, 0.29) is 6.10 Å². The van der Waals surface area contributed by atoms with Gasteiger partial charge in [-0.1, -0.05) is 127 Å². The van der Waals surface area contributed by atoms with E-state index in [0.29, 0.717) is 61.6 Å². The lowest BCUT2D eigenvalue weighted by Crippen LogP contribution is -2.32. The van der Waals surface area contributed by atoms with Gasteiger partial charge in [0, 0.05) is 31.2 Å². The van der Waals surface area contributed by atoms with E-state index in [0.717, 1.165) is 33.4 Å². The molecule has 0 fully saturated rings. The van der Waals surface area contributed by atoms with Crippen molar-refractivity contribution in [1.82, 2.24) is 0 Å². The maximum atomic E-state index is 6.81. The Morgan fingerprint density at radius 1 is 0.500 bits per heavy atom. The average Bonchev–Trinajstić information content (AvgIpc) is 3.18. The Bertz CT molecular complexity index is 1950. The summed E-state index contributed by atoms with van der Waals surface area (Å²) < 4.78 is 38.3. The van der Waals surface area contributed by atoms with E-state index in [1.165, 1.54) is 0 Å². The molecule has 1 aliphatic heterocycles. The van der Waals surface area contributed by atoms with Crippen LogP contribution in [-0.2, 0) is 37.6 Å². The first kappa shape index (κ1) is 32.8. The van der Waals surface area contributed by atoms with Crippen LogP contribution in [-0.4, -0.2) is 13.2 Å². The molecule has 7 rings (SSSR count). The quantitative estimate of drug-likeness (QED) is 0.116. The molecule has 0 radical (unpaired) electrons. The minimum absolute atomic E-state index is 0.282. The number of fused-ring (bicyclic) bond motifs is 1. The minimum atomic E-state index is -0.416. The number of methoxy groups -OCH3 is 1. The van der Waals surface area contributed by atoms with Gasteiger partial charge in [0.25, 0.3) is 0 Å².